The molecular formula is C85H58. The molecule has 0 saturated carbocycles. The summed E-state index contributed by atoms with van der Waals surface area (Å²) in [6.07, 6.45) is 0. The lowest BCUT2D eigenvalue weighted by Crippen LogP contribution is -1.93. The Morgan fingerprint density at radius 2 is 0.400 bits per heavy atom. The number of aryl methyl sites for hydroxylation is 1. The van der Waals surface area contributed by atoms with Crippen LogP contribution in [0.5, 0.6) is 0 Å². The number of benzene rings is 16. The van der Waals surface area contributed by atoms with Gasteiger partial charge >= 0.3 is 0 Å². The number of fused-ring (bicyclic) bond motifs is 6. The van der Waals surface area contributed by atoms with E-state index in [4.69, 9.17) is 0 Å². The van der Waals surface area contributed by atoms with Gasteiger partial charge in [-0.2, -0.15) is 0 Å². The van der Waals surface area contributed by atoms with Crippen LogP contribution in [0, 0.1) is 6.92 Å². The quantitative estimate of drug-likeness (QED) is 0.133. The molecule has 0 fully saturated rings. The summed E-state index contributed by atoms with van der Waals surface area (Å²) < 4.78 is 0. The highest BCUT2D eigenvalue weighted by Gasteiger charge is 2.21. The zero-order chi connectivity index (χ0) is 56.6. The fourth-order valence-corrected chi connectivity index (χ4v) is 13.1. The predicted octanol–water partition coefficient (Wildman–Crippen LogP) is 23.9. The fraction of sp³-hybridized carbons (Fsp3) is 0.0118. The Kier molecular flexibility index (Phi) is 13.3. The van der Waals surface area contributed by atoms with E-state index in [2.05, 4.69) is 341 Å². The molecule has 16 rings (SSSR count). The highest BCUT2D eigenvalue weighted by atomic mass is 14.2. The highest BCUT2D eigenvalue weighted by molar-refractivity contribution is 6.23. The Hall–Kier alpha value is -10.9. The number of hydrogen-bond donors (Lipinski definition) is 0. The van der Waals surface area contributed by atoms with Crippen LogP contribution in [0.4, 0.5) is 0 Å². The van der Waals surface area contributed by atoms with Crippen molar-refractivity contribution in [3.63, 3.8) is 0 Å². The first-order valence-corrected chi connectivity index (χ1v) is 29.5. The summed E-state index contributed by atoms with van der Waals surface area (Å²) in [4.78, 5) is 0. The summed E-state index contributed by atoms with van der Waals surface area (Å²) in [6.45, 7) is 2.19. The van der Waals surface area contributed by atoms with E-state index >= 15 is 0 Å². The smallest absolute Gasteiger partial charge is 0.00259 e. The van der Waals surface area contributed by atoms with E-state index < -0.39 is 0 Å². The number of hydrogen-bond acceptors (Lipinski definition) is 0. The normalized spacial score (nSPS) is 11.4. The summed E-state index contributed by atoms with van der Waals surface area (Å²) in [5.74, 6) is 0. The zero-order valence-corrected chi connectivity index (χ0v) is 47.3. The van der Waals surface area contributed by atoms with Crippen LogP contribution in [-0.2, 0) is 0 Å². The first kappa shape index (κ1) is 51.0. The Labute approximate surface area is 496 Å². The average molecular weight is 1080 g/mol. The summed E-state index contributed by atoms with van der Waals surface area (Å²) in [6, 6.07) is 122. The molecule has 0 aromatic heterocycles. The Balaban J connectivity index is 0.000000153. The minimum atomic E-state index is 1.21. The fourth-order valence-electron chi connectivity index (χ4n) is 13.1. The van der Waals surface area contributed by atoms with Crippen molar-refractivity contribution in [2.75, 3.05) is 0 Å². The third-order valence-corrected chi connectivity index (χ3v) is 17.1. The molecule has 0 radical (unpaired) electrons. The van der Waals surface area contributed by atoms with E-state index in [0.717, 1.165) is 0 Å². The van der Waals surface area contributed by atoms with Gasteiger partial charge in [0.2, 0.25) is 0 Å². The summed E-state index contributed by atoms with van der Waals surface area (Å²) in [5.41, 5.74) is 21.1. The van der Waals surface area contributed by atoms with Crippen LogP contribution in [0.3, 0.4) is 0 Å². The molecule has 0 unspecified atom stereocenters. The van der Waals surface area contributed by atoms with Gasteiger partial charge in [0.1, 0.15) is 0 Å². The SMILES string of the molecule is Cc1ccc2c(-c3ccc4ccccc4c3)c3ccccc3c(-c3ccc4ccccc4c3)c2c1.c1ccc(-c2cc(-c3ccccc3)cc(-c3c4ccccc4c(-c4cc(-c5ccccc5)cc(-c5ccccc5)c4)c4ccccc34)c2)cc1. The van der Waals surface area contributed by atoms with Gasteiger partial charge in [-0.3, -0.25) is 0 Å². The molecule has 0 amide bonds. The van der Waals surface area contributed by atoms with Crippen molar-refractivity contribution in [1.29, 1.82) is 0 Å². The average Bonchev–Trinajstić information content (AvgIpc) is 1.49. The van der Waals surface area contributed by atoms with Gasteiger partial charge in [0.25, 0.3) is 0 Å². The minimum absolute atomic E-state index is 1.21. The van der Waals surface area contributed by atoms with Crippen LogP contribution in [0.15, 0.2) is 334 Å². The maximum Gasteiger partial charge on any atom is -0.00259 e. The Morgan fingerprint density at radius 3 is 0.741 bits per heavy atom. The van der Waals surface area contributed by atoms with Crippen LogP contribution >= 0.6 is 0 Å². The highest BCUT2D eigenvalue weighted by Crippen LogP contribution is 2.48. The topological polar surface area (TPSA) is 0 Å². The lowest BCUT2D eigenvalue weighted by atomic mass is 9.83. The zero-order valence-electron chi connectivity index (χ0n) is 47.3. The van der Waals surface area contributed by atoms with E-state index in [1.807, 2.05) is 0 Å². The van der Waals surface area contributed by atoms with Crippen molar-refractivity contribution in [2.45, 2.75) is 6.92 Å². The molecule has 0 heterocycles. The number of rotatable bonds is 8. The van der Waals surface area contributed by atoms with E-state index in [-0.39, 0.29) is 0 Å². The van der Waals surface area contributed by atoms with Gasteiger partial charge in [0.05, 0.1) is 0 Å². The second kappa shape index (κ2) is 22.1. The molecule has 0 nitrogen and oxygen atoms in total. The second-order valence-corrected chi connectivity index (χ2v) is 22.4. The van der Waals surface area contributed by atoms with Gasteiger partial charge in [-0.05, 0) is 209 Å². The van der Waals surface area contributed by atoms with E-state index in [1.54, 1.807) is 0 Å². The molecule has 16 aromatic carbocycles. The summed E-state index contributed by atoms with van der Waals surface area (Å²) in [5, 5.41) is 15.3. The first-order chi connectivity index (χ1) is 42.1. The predicted molar refractivity (Wildman–Crippen MR) is 366 cm³/mol. The van der Waals surface area contributed by atoms with Crippen LogP contribution in [-0.4, -0.2) is 0 Å². The lowest BCUT2D eigenvalue weighted by Gasteiger charge is -2.20. The Bertz CT molecular complexity index is 4800. The molecular weight excluding hydrogens is 1020 g/mol. The maximum absolute atomic E-state index is 2.37. The van der Waals surface area contributed by atoms with E-state index in [0.29, 0.717) is 0 Å². The molecule has 85 heavy (non-hydrogen) atoms. The summed E-state index contributed by atoms with van der Waals surface area (Å²) in [7, 11) is 0. The summed E-state index contributed by atoms with van der Waals surface area (Å²) >= 11 is 0. The lowest BCUT2D eigenvalue weighted by molar-refractivity contribution is 1.51. The van der Waals surface area contributed by atoms with Crippen molar-refractivity contribution in [1.82, 2.24) is 0 Å². The van der Waals surface area contributed by atoms with Gasteiger partial charge in [-0.1, -0.05) is 291 Å². The molecule has 0 aliphatic heterocycles. The molecule has 0 bridgehead atoms. The Morgan fingerprint density at radius 1 is 0.141 bits per heavy atom. The molecule has 0 aliphatic carbocycles. The molecule has 0 atom stereocenters. The monoisotopic (exact) mass is 1080 g/mol. The third-order valence-electron chi connectivity index (χ3n) is 17.1. The minimum Gasteiger partial charge on any atom is -0.0622 e. The largest absolute Gasteiger partial charge is 0.0622 e. The van der Waals surface area contributed by atoms with Crippen LogP contribution in [0.1, 0.15) is 5.56 Å². The first-order valence-electron chi connectivity index (χ1n) is 29.5. The van der Waals surface area contributed by atoms with Crippen LogP contribution < -0.4 is 0 Å². The molecule has 0 heteroatoms. The van der Waals surface area contributed by atoms with Gasteiger partial charge in [-0.15, -0.1) is 0 Å². The van der Waals surface area contributed by atoms with Crippen molar-refractivity contribution in [3.8, 4) is 89.0 Å². The second-order valence-electron chi connectivity index (χ2n) is 22.4. The van der Waals surface area contributed by atoms with Gasteiger partial charge in [-0.25, -0.2) is 0 Å². The van der Waals surface area contributed by atoms with Gasteiger partial charge < -0.3 is 0 Å². The third kappa shape index (κ3) is 9.70. The van der Waals surface area contributed by atoms with Crippen LogP contribution in [0.25, 0.3) is 154 Å². The molecule has 0 spiro atoms. The maximum atomic E-state index is 2.37. The molecule has 398 valence electrons. The molecule has 0 N–H and O–H groups in total. The van der Waals surface area contributed by atoms with Gasteiger partial charge in [0, 0.05) is 0 Å². The van der Waals surface area contributed by atoms with Crippen molar-refractivity contribution in [3.05, 3.63) is 339 Å². The van der Waals surface area contributed by atoms with E-state index in [9.17, 15) is 0 Å². The van der Waals surface area contributed by atoms with Crippen molar-refractivity contribution < 1.29 is 0 Å². The molecule has 0 saturated heterocycles. The van der Waals surface area contributed by atoms with E-state index in [1.165, 1.54) is 159 Å². The standard InChI is InChI=1S/C50H34.C35H24/c1-5-17-35(18-6-1)39-29-40(36-19-7-2-8-20-36)32-43(31-39)49-45-25-13-15-27-47(45)50(48-28-16-14-26-46(48)49)44-33-41(37-21-9-3-10-22-37)30-42(34-44)38-23-11-4-12-24-38;1-23-14-19-32-33(20-23)35(29-18-16-25-9-3-5-11-27(25)22-29)31-13-7-6-12-30(31)34(32)28-17-15-24-8-2-4-10-26(24)21-28/h1-34H;2-22H,1H3. The van der Waals surface area contributed by atoms with Crippen LogP contribution in [0.2, 0.25) is 0 Å². The van der Waals surface area contributed by atoms with Gasteiger partial charge in [0.15, 0.2) is 0 Å². The van der Waals surface area contributed by atoms with Crippen molar-refractivity contribution in [2.24, 2.45) is 0 Å². The van der Waals surface area contributed by atoms with Crippen molar-refractivity contribution >= 4 is 64.6 Å². The molecule has 0 aliphatic rings. The molecule has 16 aromatic rings.